The van der Waals surface area contributed by atoms with E-state index in [9.17, 15) is 14.1 Å². The van der Waals surface area contributed by atoms with Crippen LogP contribution in [0.1, 0.15) is 47.3 Å². The molecule has 0 spiro atoms. The largest absolute Gasteiger partial charge is 0.391 e. The number of carbonyl (C=O) groups is 1. The zero-order chi connectivity index (χ0) is 27.2. The lowest BCUT2D eigenvalue weighted by molar-refractivity contribution is -0.118. The summed E-state index contributed by atoms with van der Waals surface area (Å²) in [6.07, 6.45) is 3.38. The third-order valence-electron chi connectivity index (χ3n) is 7.19. The molecule has 1 heterocycles. The second-order valence-electron chi connectivity index (χ2n) is 9.80. The summed E-state index contributed by atoms with van der Waals surface area (Å²) in [4.78, 5) is 20.4. The molecule has 1 aliphatic carbocycles. The van der Waals surface area contributed by atoms with E-state index in [1.165, 1.54) is 5.56 Å². The number of rotatable bonds is 10. The third kappa shape index (κ3) is 6.50. The van der Waals surface area contributed by atoms with Gasteiger partial charge in [0.15, 0.2) is 0 Å². The van der Waals surface area contributed by atoms with Crippen LogP contribution in [0.3, 0.4) is 0 Å². The second-order valence-corrected chi connectivity index (χ2v) is 11.0. The van der Waals surface area contributed by atoms with Crippen molar-refractivity contribution in [1.82, 2.24) is 9.71 Å². The average molecular weight is 540 g/mol. The Morgan fingerprint density at radius 3 is 2.49 bits per heavy atom. The molecule has 0 saturated carbocycles. The maximum atomic E-state index is 13.6. The van der Waals surface area contributed by atoms with E-state index in [0.717, 1.165) is 34.5 Å². The van der Waals surface area contributed by atoms with Gasteiger partial charge in [-0.15, -0.1) is 0 Å². The van der Waals surface area contributed by atoms with Crippen molar-refractivity contribution >= 4 is 22.6 Å². The Morgan fingerprint density at radius 2 is 1.77 bits per heavy atom. The number of benzene rings is 3. The number of carbonyl (C=O) groups excluding carboxylic acids is 1. The monoisotopic (exact) mass is 539 g/mol. The highest BCUT2D eigenvalue weighted by atomic mass is 32.2. The van der Waals surface area contributed by atoms with E-state index in [4.69, 9.17) is 0 Å². The molecular formula is C32H33N3O3S. The Hall–Kier alpha value is -3.65. The number of nitrogens with one attached hydrogen (secondary N) is 1. The summed E-state index contributed by atoms with van der Waals surface area (Å²) in [6.45, 7) is 2.42. The summed E-state index contributed by atoms with van der Waals surface area (Å²) >= 11 is 0. The molecule has 3 atom stereocenters. The maximum Gasteiger partial charge on any atom is 0.227 e. The highest BCUT2D eigenvalue weighted by Crippen LogP contribution is 2.35. The number of aromatic nitrogens is 1. The summed E-state index contributed by atoms with van der Waals surface area (Å²) < 4.78 is 16.3. The van der Waals surface area contributed by atoms with Crippen molar-refractivity contribution in [2.75, 3.05) is 4.90 Å². The molecule has 0 saturated heterocycles. The number of anilines is 1. The molecule has 3 aromatic carbocycles. The van der Waals surface area contributed by atoms with E-state index in [0.29, 0.717) is 30.7 Å². The smallest absolute Gasteiger partial charge is 0.227 e. The number of pyridine rings is 1. The number of nitrogens with zero attached hydrogens (tertiary/aromatic N) is 2. The maximum absolute atomic E-state index is 13.6. The van der Waals surface area contributed by atoms with Crippen molar-refractivity contribution in [2.24, 2.45) is 0 Å². The van der Waals surface area contributed by atoms with Crippen LogP contribution >= 0.6 is 0 Å². The van der Waals surface area contributed by atoms with Gasteiger partial charge >= 0.3 is 0 Å². The third-order valence-corrected chi connectivity index (χ3v) is 8.36. The number of aliphatic hydroxyl groups excluding tert-OH is 1. The van der Waals surface area contributed by atoms with Gasteiger partial charge in [0.2, 0.25) is 5.91 Å². The first-order valence-electron chi connectivity index (χ1n) is 13.3. The predicted octanol–water partition coefficient (Wildman–Crippen LogP) is 5.08. The molecule has 0 fully saturated rings. The highest BCUT2D eigenvalue weighted by Gasteiger charge is 2.33. The summed E-state index contributed by atoms with van der Waals surface area (Å²) in [5.74, 6) is -0.00731. The van der Waals surface area contributed by atoms with Crippen LogP contribution < -0.4 is 9.62 Å². The first-order chi connectivity index (χ1) is 19.0. The van der Waals surface area contributed by atoms with Gasteiger partial charge in [0, 0.05) is 24.7 Å². The van der Waals surface area contributed by atoms with Crippen molar-refractivity contribution in [3.05, 3.63) is 125 Å². The minimum Gasteiger partial charge on any atom is -0.391 e. The normalized spacial score (nSPS) is 17.0. The lowest BCUT2D eigenvalue weighted by atomic mass is 10.1. The fraction of sp³-hybridized carbons (Fsp3) is 0.250. The van der Waals surface area contributed by atoms with Gasteiger partial charge in [-0.05, 0) is 71.5 Å². The molecule has 0 aliphatic heterocycles. The zero-order valence-corrected chi connectivity index (χ0v) is 22.8. The SMILES string of the molecule is CCc1ccc(S(=O)NC2c3cc(N(Cc4ccccn4)C(=O)CCc4ccccc4)ccc3C[C@H]2O)cc1. The van der Waals surface area contributed by atoms with Crippen molar-refractivity contribution < 1.29 is 14.1 Å². The minimum absolute atomic E-state index is 0.00731. The Morgan fingerprint density at radius 1 is 1.00 bits per heavy atom. The molecule has 5 rings (SSSR count). The number of hydrogen-bond acceptors (Lipinski definition) is 4. The van der Waals surface area contributed by atoms with E-state index in [1.54, 1.807) is 11.1 Å². The molecule has 0 radical (unpaired) electrons. The van der Waals surface area contributed by atoms with Crippen LogP contribution in [0, 0.1) is 0 Å². The molecule has 6 nitrogen and oxygen atoms in total. The standard InChI is InChI=1S/C32H33N3O3S/c1-2-23-11-16-28(17-12-23)39(38)34-32-29-21-27(15-14-25(29)20-30(32)36)35(22-26-10-6-7-19-33-26)31(37)18-13-24-8-4-3-5-9-24/h3-12,14-17,19,21,30,32,34,36H,2,13,18,20,22H2,1H3/t30-,32?,39?/m1/s1. The van der Waals surface area contributed by atoms with Gasteiger partial charge < -0.3 is 10.0 Å². The lowest BCUT2D eigenvalue weighted by Crippen LogP contribution is -2.32. The molecule has 39 heavy (non-hydrogen) atoms. The molecule has 1 aromatic heterocycles. The second kappa shape index (κ2) is 12.5. The van der Waals surface area contributed by atoms with Gasteiger partial charge in [0.05, 0.1) is 29.3 Å². The first-order valence-corrected chi connectivity index (χ1v) is 14.5. The number of hydrogen-bond donors (Lipinski definition) is 2. The zero-order valence-electron chi connectivity index (χ0n) is 22.0. The summed E-state index contributed by atoms with van der Waals surface area (Å²) in [5, 5.41) is 10.9. The van der Waals surface area contributed by atoms with Crippen LogP contribution in [0.4, 0.5) is 5.69 Å². The van der Waals surface area contributed by atoms with E-state index in [-0.39, 0.29) is 5.91 Å². The predicted molar refractivity (Wildman–Crippen MR) is 154 cm³/mol. The van der Waals surface area contributed by atoms with Crippen LogP contribution in [0.2, 0.25) is 0 Å². The number of aliphatic hydroxyl groups is 1. The average Bonchev–Trinajstić information content (AvgIpc) is 3.29. The Kier molecular flexibility index (Phi) is 8.61. The van der Waals surface area contributed by atoms with Crippen LogP contribution in [0.5, 0.6) is 0 Å². The van der Waals surface area contributed by atoms with Crippen LogP contribution in [0.15, 0.2) is 102 Å². The number of fused-ring (bicyclic) bond motifs is 1. The van der Waals surface area contributed by atoms with Gasteiger partial charge in [0.1, 0.15) is 11.0 Å². The van der Waals surface area contributed by atoms with Gasteiger partial charge in [-0.25, -0.2) is 8.93 Å². The van der Waals surface area contributed by atoms with E-state index in [1.807, 2.05) is 91.0 Å². The van der Waals surface area contributed by atoms with E-state index < -0.39 is 23.1 Å². The Balaban J connectivity index is 1.40. The van der Waals surface area contributed by atoms with Crippen molar-refractivity contribution in [1.29, 1.82) is 0 Å². The minimum atomic E-state index is -1.49. The molecule has 200 valence electrons. The first kappa shape index (κ1) is 26.9. The van der Waals surface area contributed by atoms with Crippen molar-refractivity contribution in [2.45, 2.75) is 56.2 Å². The fourth-order valence-corrected chi connectivity index (χ4v) is 5.99. The van der Waals surface area contributed by atoms with Gasteiger partial charge in [-0.1, -0.05) is 61.5 Å². The van der Waals surface area contributed by atoms with Crippen LogP contribution in [0.25, 0.3) is 0 Å². The van der Waals surface area contributed by atoms with E-state index in [2.05, 4.69) is 16.6 Å². The fourth-order valence-electron chi connectivity index (χ4n) is 4.96. The molecule has 1 aliphatic rings. The molecule has 0 bridgehead atoms. The molecule has 4 aromatic rings. The summed E-state index contributed by atoms with van der Waals surface area (Å²) in [5.41, 5.74) is 5.65. The summed E-state index contributed by atoms with van der Waals surface area (Å²) in [7, 11) is -1.49. The molecule has 2 N–H and O–H groups in total. The van der Waals surface area contributed by atoms with Gasteiger partial charge in [-0.3, -0.25) is 9.78 Å². The van der Waals surface area contributed by atoms with Gasteiger partial charge in [-0.2, -0.15) is 0 Å². The Bertz CT molecular complexity index is 1430. The molecule has 7 heteroatoms. The van der Waals surface area contributed by atoms with Crippen LogP contribution in [-0.4, -0.2) is 26.3 Å². The van der Waals surface area contributed by atoms with Crippen LogP contribution in [-0.2, 0) is 41.6 Å². The van der Waals surface area contributed by atoms with Crippen molar-refractivity contribution in [3.63, 3.8) is 0 Å². The molecular weight excluding hydrogens is 506 g/mol. The van der Waals surface area contributed by atoms with Crippen molar-refractivity contribution in [3.8, 4) is 0 Å². The quantitative estimate of drug-likeness (QED) is 0.294. The molecule has 1 amide bonds. The highest BCUT2D eigenvalue weighted by molar-refractivity contribution is 7.83. The summed E-state index contributed by atoms with van der Waals surface area (Å²) in [6, 6.07) is 28.7. The number of aryl methyl sites for hydroxylation is 2. The Labute approximate surface area is 232 Å². The topological polar surface area (TPSA) is 82.5 Å². The van der Waals surface area contributed by atoms with E-state index >= 15 is 0 Å². The molecule has 2 unspecified atom stereocenters. The lowest BCUT2D eigenvalue weighted by Gasteiger charge is -2.24. The van der Waals surface area contributed by atoms with Gasteiger partial charge in [0.25, 0.3) is 0 Å². The number of amides is 1.